The number of aromatic nitrogens is 2. The first kappa shape index (κ1) is 17.0. The molecule has 0 N–H and O–H groups in total. The quantitative estimate of drug-likeness (QED) is 0.641. The highest BCUT2D eigenvalue weighted by Crippen LogP contribution is 2.23. The molecule has 0 spiro atoms. The monoisotopic (exact) mass is 344 g/mol. The minimum absolute atomic E-state index is 0.00907. The van der Waals surface area contributed by atoms with Crippen LogP contribution in [0.1, 0.15) is 6.92 Å². The van der Waals surface area contributed by atoms with Gasteiger partial charge in [0.05, 0.1) is 18.8 Å². The van der Waals surface area contributed by atoms with Gasteiger partial charge in [0.1, 0.15) is 12.4 Å². The third kappa shape index (κ3) is 4.15. The summed E-state index contributed by atoms with van der Waals surface area (Å²) in [5.74, 6) is -0.738. The van der Waals surface area contributed by atoms with Gasteiger partial charge < -0.3 is 9.47 Å². The lowest BCUT2D eigenvalue weighted by Crippen LogP contribution is -2.12. The van der Waals surface area contributed by atoms with Crippen molar-refractivity contribution in [2.45, 2.75) is 13.5 Å². The summed E-state index contributed by atoms with van der Waals surface area (Å²) in [7, 11) is 0. The predicted octanol–water partition coefficient (Wildman–Crippen LogP) is 4.31. The molecule has 0 aliphatic heterocycles. The summed E-state index contributed by atoms with van der Waals surface area (Å²) in [5, 5.41) is 4.52. The zero-order valence-corrected chi connectivity index (χ0v) is 13.8. The van der Waals surface area contributed by atoms with E-state index in [0.29, 0.717) is 19.0 Å². The van der Waals surface area contributed by atoms with Crippen LogP contribution < -0.4 is 9.47 Å². The van der Waals surface area contributed by atoms with E-state index in [2.05, 4.69) is 5.10 Å². The summed E-state index contributed by atoms with van der Waals surface area (Å²) in [5.41, 5.74) is 1.77. The SMILES string of the molecule is CCOc1cc(-c2ccccc2)nn1CCOc1ccc(F)cc1F. The van der Waals surface area contributed by atoms with Crippen molar-refractivity contribution in [3.05, 3.63) is 66.2 Å². The lowest BCUT2D eigenvalue weighted by atomic mass is 10.2. The molecule has 25 heavy (non-hydrogen) atoms. The van der Waals surface area contributed by atoms with E-state index in [1.807, 2.05) is 43.3 Å². The summed E-state index contributed by atoms with van der Waals surface area (Å²) in [6.45, 7) is 2.95. The van der Waals surface area contributed by atoms with Crippen molar-refractivity contribution in [3.8, 4) is 22.9 Å². The van der Waals surface area contributed by atoms with Crippen molar-refractivity contribution in [1.29, 1.82) is 0 Å². The van der Waals surface area contributed by atoms with E-state index in [9.17, 15) is 8.78 Å². The first-order valence-electron chi connectivity index (χ1n) is 8.01. The molecule has 3 aromatic rings. The summed E-state index contributed by atoms with van der Waals surface area (Å²) in [6.07, 6.45) is 0. The van der Waals surface area contributed by atoms with Crippen molar-refractivity contribution in [2.75, 3.05) is 13.2 Å². The molecule has 6 heteroatoms. The summed E-state index contributed by atoms with van der Waals surface area (Å²) in [6, 6.07) is 14.8. The normalized spacial score (nSPS) is 10.7. The van der Waals surface area contributed by atoms with Gasteiger partial charge in [0, 0.05) is 17.7 Å². The fourth-order valence-corrected chi connectivity index (χ4v) is 2.41. The molecule has 0 radical (unpaired) electrons. The second-order valence-electron chi connectivity index (χ2n) is 5.31. The van der Waals surface area contributed by atoms with Crippen LogP contribution in [0.2, 0.25) is 0 Å². The van der Waals surface area contributed by atoms with Crippen molar-refractivity contribution in [1.82, 2.24) is 9.78 Å². The van der Waals surface area contributed by atoms with E-state index in [-0.39, 0.29) is 12.4 Å². The molecule has 0 atom stereocenters. The van der Waals surface area contributed by atoms with E-state index in [1.54, 1.807) is 4.68 Å². The van der Waals surface area contributed by atoms with E-state index in [4.69, 9.17) is 9.47 Å². The highest BCUT2D eigenvalue weighted by atomic mass is 19.1. The van der Waals surface area contributed by atoms with E-state index >= 15 is 0 Å². The third-order valence-electron chi connectivity index (χ3n) is 3.56. The molecule has 0 unspecified atom stereocenters. The maximum Gasteiger partial charge on any atom is 0.212 e. The topological polar surface area (TPSA) is 36.3 Å². The number of halogens is 2. The molecule has 1 aromatic heterocycles. The number of hydrogen-bond acceptors (Lipinski definition) is 3. The van der Waals surface area contributed by atoms with Gasteiger partial charge in [-0.05, 0) is 19.1 Å². The molecule has 4 nitrogen and oxygen atoms in total. The Kier molecular flexibility index (Phi) is 5.28. The Hall–Kier alpha value is -2.89. The average Bonchev–Trinajstić information content (AvgIpc) is 3.01. The van der Waals surface area contributed by atoms with Crippen molar-refractivity contribution >= 4 is 0 Å². The molecule has 0 fully saturated rings. The van der Waals surface area contributed by atoms with Crippen molar-refractivity contribution in [2.24, 2.45) is 0 Å². The number of nitrogens with zero attached hydrogens (tertiary/aromatic N) is 2. The molecule has 3 rings (SSSR count). The van der Waals surface area contributed by atoms with Gasteiger partial charge in [-0.15, -0.1) is 0 Å². The molecule has 0 aliphatic rings. The van der Waals surface area contributed by atoms with E-state index in [1.165, 1.54) is 6.07 Å². The van der Waals surface area contributed by atoms with Crippen LogP contribution in [-0.4, -0.2) is 23.0 Å². The average molecular weight is 344 g/mol. The highest BCUT2D eigenvalue weighted by Gasteiger charge is 2.11. The Morgan fingerprint density at radius 2 is 1.80 bits per heavy atom. The zero-order valence-electron chi connectivity index (χ0n) is 13.8. The summed E-state index contributed by atoms with van der Waals surface area (Å²) < 4.78 is 39.2. The predicted molar refractivity (Wildman–Crippen MR) is 90.7 cm³/mol. The number of ether oxygens (including phenoxy) is 2. The van der Waals surface area contributed by atoms with Crippen LogP contribution in [-0.2, 0) is 6.54 Å². The molecule has 2 aromatic carbocycles. The van der Waals surface area contributed by atoms with Crippen LogP contribution in [0.25, 0.3) is 11.3 Å². The minimum atomic E-state index is -0.726. The zero-order chi connectivity index (χ0) is 17.6. The maximum absolute atomic E-state index is 13.6. The molecule has 0 aliphatic carbocycles. The van der Waals surface area contributed by atoms with Gasteiger partial charge in [-0.2, -0.15) is 5.10 Å². The van der Waals surface area contributed by atoms with Crippen LogP contribution in [0.4, 0.5) is 8.78 Å². The lowest BCUT2D eigenvalue weighted by molar-refractivity contribution is 0.253. The second-order valence-corrected chi connectivity index (χ2v) is 5.31. The maximum atomic E-state index is 13.6. The van der Waals surface area contributed by atoms with Crippen LogP contribution in [0.5, 0.6) is 11.6 Å². The van der Waals surface area contributed by atoms with Crippen molar-refractivity contribution < 1.29 is 18.3 Å². The van der Waals surface area contributed by atoms with Crippen LogP contribution in [0, 0.1) is 11.6 Å². The van der Waals surface area contributed by atoms with Gasteiger partial charge in [-0.25, -0.2) is 13.5 Å². The third-order valence-corrected chi connectivity index (χ3v) is 3.56. The Morgan fingerprint density at radius 1 is 1.00 bits per heavy atom. The van der Waals surface area contributed by atoms with Gasteiger partial charge in [-0.3, -0.25) is 0 Å². The number of rotatable bonds is 7. The minimum Gasteiger partial charge on any atom is -0.489 e. The first-order chi connectivity index (χ1) is 12.2. The van der Waals surface area contributed by atoms with Gasteiger partial charge >= 0.3 is 0 Å². The summed E-state index contributed by atoms with van der Waals surface area (Å²) >= 11 is 0. The second kappa shape index (κ2) is 7.79. The van der Waals surface area contributed by atoms with E-state index < -0.39 is 11.6 Å². The molecule has 0 amide bonds. The number of hydrogen-bond donors (Lipinski definition) is 0. The Morgan fingerprint density at radius 3 is 2.52 bits per heavy atom. The largest absolute Gasteiger partial charge is 0.489 e. The van der Waals surface area contributed by atoms with Gasteiger partial charge in [0.2, 0.25) is 5.88 Å². The van der Waals surface area contributed by atoms with Gasteiger partial charge in [0.25, 0.3) is 0 Å². The van der Waals surface area contributed by atoms with Crippen LogP contribution >= 0.6 is 0 Å². The fraction of sp³-hybridized carbons (Fsp3) is 0.211. The molecule has 0 saturated heterocycles. The van der Waals surface area contributed by atoms with Gasteiger partial charge in [-0.1, -0.05) is 30.3 Å². The molecular weight excluding hydrogens is 326 g/mol. The lowest BCUT2D eigenvalue weighted by Gasteiger charge is -2.09. The Labute approximate surface area is 144 Å². The highest BCUT2D eigenvalue weighted by molar-refractivity contribution is 5.59. The smallest absolute Gasteiger partial charge is 0.212 e. The Balaban J connectivity index is 1.71. The molecule has 130 valence electrons. The summed E-state index contributed by atoms with van der Waals surface area (Å²) in [4.78, 5) is 0. The molecular formula is C19H18F2N2O2. The number of benzene rings is 2. The molecule has 0 saturated carbocycles. The first-order valence-corrected chi connectivity index (χ1v) is 8.01. The molecule has 0 bridgehead atoms. The molecule has 1 heterocycles. The van der Waals surface area contributed by atoms with Gasteiger partial charge in [0.15, 0.2) is 11.6 Å². The van der Waals surface area contributed by atoms with Crippen molar-refractivity contribution in [3.63, 3.8) is 0 Å². The van der Waals surface area contributed by atoms with Crippen LogP contribution in [0.3, 0.4) is 0 Å². The standard InChI is InChI=1S/C19H18F2N2O2/c1-2-24-19-13-17(14-6-4-3-5-7-14)22-23(19)10-11-25-18-9-8-15(20)12-16(18)21/h3-9,12-13H,2,10-11H2,1H3. The van der Waals surface area contributed by atoms with E-state index in [0.717, 1.165) is 23.4 Å². The Bertz CT molecular complexity index is 835. The fourth-order valence-electron chi connectivity index (χ4n) is 2.41. The van der Waals surface area contributed by atoms with Crippen LogP contribution in [0.15, 0.2) is 54.6 Å².